The topological polar surface area (TPSA) is 77.8 Å². The largest absolute Gasteiger partial charge is 1.00 e. The Morgan fingerprint density at radius 2 is 1.50 bits per heavy atom. The molecule has 0 radical (unpaired) electrons. The molecule has 28 heavy (non-hydrogen) atoms. The van der Waals surface area contributed by atoms with E-state index < -0.39 is 0 Å². The Labute approximate surface area is 178 Å². The van der Waals surface area contributed by atoms with E-state index >= 15 is 0 Å². The maximum Gasteiger partial charge on any atom is 0.241 e. The quantitative estimate of drug-likeness (QED) is 0.306. The van der Waals surface area contributed by atoms with Gasteiger partial charge in [0.05, 0.1) is 18.8 Å². The number of unbranched alkanes of at least 4 members (excludes halogenated alkanes) is 7. The number of nitriles is 1. The normalized spacial score (nSPS) is 10.2. The van der Waals surface area contributed by atoms with Crippen LogP contribution in [0.5, 0.6) is 0 Å². The van der Waals surface area contributed by atoms with Gasteiger partial charge in [-0.05, 0) is 19.3 Å². The van der Waals surface area contributed by atoms with Crippen LogP contribution in [0.2, 0.25) is 0 Å². The molecule has 6 heteroatoms. The molecule has 0 saturated heterocycles. The molecule has 1 heterocycles. The van der Waals surface area contributed by atoms with Crippen LogP contribution >= 0.6 is 0 Å². The highest BCUT2D eigenvalue weighted by Crippen LogP contribution is 2.24. The average molecular weight is 410 g/mol. The van der Waals surface area contributed by atoms with Crippen LogP contribution in [0.15, 0.2) is 6.07 Å². The molecule has 160 valence electrons. The van der Waals surface area contributed by atoms with Crippen LogP contribution in [0.3, 0.4) is 0 Å². The van der Waals surface area contributed by atoms with Crippen LogP contribution in [0.25, 0.3) is 0 Å². The van der Waals surface area contributed by atoms with Crippen LogP contribution in [-0.2, 0) is 6.54 Å². The van der Waals surface area contributed by atoms with Gasteiger partial charge in [0.1, 0.15) is 11.6 Å². The number of nitrogens with zero attached hydrogens (tertiary/aromatic N) is 2. The van der Waals surface area contributed by atoms with Gasteiger partial charge in [0.2, 0.25) is 11.6 Å². The lowest BCUT2D eigenvalue weighted by molar-refractivity contribution is -0.669. The van der Waals surface area contributed by atoms with Crippen molar-refractivity contribution in [1.29, 1.82) is 5.26 Å². The zero-order chi connectivity index (χ0) is 19.9. The first-order chi connectivity index (χ1) is 13.2. The summed E-state index contributed by atoms with van der Waals surface area (Å²) in [6, 6.07) is 4.34. The van der Waals surface area contributed by atoms with E-state index in [1.807, 2.05) is 6.07 Å². The van der Waals surface area contributed by atoms with E-state index in [4.69, 9.17) is 5.73 Å². The summed E-state index contributed by atoms with van der Waals surface area (Å²) in [7, 11) is 0. The molecule has 0 amide bonds. The molecule has 4 N–H and O–H groups in total. The second kappa shape index (κ2) is 16.3. The number of aromatic nitrogens is 1. The molecule has 0 fully saturated rings. The second-order valence-corrected chi connectivity index (χ2v) is 7.30. The molecule has 0 spiro atoms. The Balaban J connectivity index is 0.00000729. The fourth-order valence-corrected chi connectivity index (χ4v) is 3.22. The molecule has 0 unspecified atom stereocenters. The summed E-state index contributed by atoms with van der Waals surface area (Å²) in [5, 5.41) is 16.8. The van der Waals surface area contributed by atoms with Crippen LogP contribution < -0.4 is 33.3 Å². The number of hydrogen-bond donors (Lipinski definition) is 3. The Hall–Kier alpha value is -1.67. The smallest absolute Gasteiger partial charge is 0.241 e. The van der Waals surface area contributed by atoms with Crippen LogP contribution in [0, 0.1) is 11.3 Å². The first-order valence-electron chi connectivity index (χ1n) is 10.9. The van der Waals surface area contributed by atoms with Crippen LogP contribution in [0.1, 0.15) is 90.5 Å². The van der Waals surface area contributed by atoms with Crippen molar-refractivity contribution in [2.45, 2.75) is 91.5 Å². The zero-order valence-corrected chi connectivity index (χ0v) is 18.9. The molecule has 0 aromatic carbocycles. The molecular formula is C22H40ClN5. The second-order valence-electron chi connectivity index (χ2n) is 7.30. The summed E-state index contributed by atoms with van der Waals surface area (Å²) in [6.45, 7) is 9.20. The number of pyridine rings is 1. The van der Waals surface area contributed by atoms with Gasteiger partial charge in [-0.2, -0.15) is 5.26 Å². The van der Waals surface area contributed by atoms with Crippen molar-refractivity contribution in [3.63, 3.8) is 0 Å². The van der Waals surface area contributed by atoms with E-state index in [1.54, 1.807) is 0 Å². The Morgan fingerprint density at radius 3 is 2.11 bits per heavy atom. The lowest BCUT2D eigenvalue weighted by atomic mass is 10.1. The summed E-state index contributed by atoms with van der Waals surface area (Å²) >= 11 is 0. The van der Waals surface area contributed by atoms with Gasteiger partial charge in [0.25, 0.3) is 0 Å². The summed E-state index contributed by atoms with van der Waals surface area (Å²) in [5.74, 6) is 1.60. The third kappa shape index (κ3) is 9.01. The fraction of sp³-hybridized carbons (Fsp3) is 0.727. The molecule has 0 aliphatic rings. The highest BCUT2D eigenvalue weighted by molar-refractivity contribution is 5.68. The van der Waals surface area contributed by atoms with Crippen LogP contribution in [-0.4, -0.2) is 13.1 Å². The predicted octanol–water partition coefficient (Wildman–Crippen LogP) is 2.22. The minimum atomic E-state index is 0. The summed E-state index contributed by atoms with van der Waals surface area (Å²) in [4.78, 5) is 0. The molecule has 0 aliphatic heterocycles. The maximum atomic E-state index is 9.84. The van der Waals surface area contributed by atoms with Crippen molar-refractivity contribution in [3.05, 3.63) is 11.6 Å². The zero-order valence-electron chi connectivity index (χ0n) is 18.1. The summed E-state index contributed by atoms with van der Waals surface area (Å²) < 4.78 is 2.09. The van der Waals surface area contributed by atoms with E-state index in [-0.39, 0.29) is 12.4 Å². The van der Waals surface area contributed by atoms with Crippen LogP contribution in [0.4, 0.5) is 17.3 Å². The third-order valence-electron chi connectivity index (χ3n) is 4.90. The Kier molecular flexibility index (Phi) is 15.3. The van der Waals surface area contributed by atoms with Crippen molar-refractivity contribution < 1.29 is 17.0 Å². The molecule has 0 atom stereocenters. The van der Waals surface area contributed by atoms with Gasteiger partial charge in [-0.1, -0.05) is 65.7 Å². The number of hydrogen-bond acceptors (Lipinski definition) is 4. The van der Waals surface area contributed by atoms with Gasteiger partial charge in [-0.3, -0.25) is 0 Å². The predicted molar refractivity (Wildman–Crippen MR) is 116 cm³/mol. The highest BCUT2D eigenvalue weighted by Gasteiger charge is 2.20. The first-order valence-corrected chi connectivity index (χ1v) is 10.9. The monoisotopic (exact) mass is 409 g/mol. The molecule has 0 bridgehead atoms. The third-order valence-corrected chi connectivity index (χ3v) is 4.90. The molecule has 1 rings (SSSR count). The van der Waals surface area contributed by atoms with Gasteiger partial charge in [-0.15, -0.1) is 0 Å². The Morgan fingerprint density at radius 1 is 0.893 bits per heavy atom. The molecule has 1 aromatic heterocycles. The van der Waals surface area contributed by atoms with Crippen molar-refractivity contribution in [2.75, 3.05) is 29.5 Å². The number of halogens is 1. The number of rotatable bonds is 15. The maximum absolute atomic E-state index is 9.84. The van der Waals surface area contributed by atoms with Gasteiger partial charge in [-0.25, -0.2) is 4.57 Å². The van der Waals surface area contributed by atoms with Gasteiger partial charge >= 0.3 is 0 Å². The molecule has 0 aliphatic carbocycles. The number of anilines is 3. The van der Waals surface area contributed by atoms with E-state index in [2.05, 4.69) is 42.0 Å². The van der Waals surface area contributed by atoms with Crippen molar-refractivity contribution in [2.24, 2.45) is 0 Å². The molecular weight excluding hydrogens is 370 g/mol. The van der Waals surface area contributed by atoms with Crippen molar-refractivity contribution >= 4 is 17.3 Å². The van der Waals surface area contributed by atoms with E-state index in [0.29, 0.717) is 5.56 Å². The lowest BCUT2D eigenvalue weighted by Crippen LogP contribution is -3.00. The van der Waals surface area contributed by atoms with E-state index in [0.717, 1.165) is 62.6 Å². The summed E-state index contributed by atoms with van der Waals surface area (Å²) in [5.41, 5.74) is 7.93. The highest BCUT2D eigenvalue weighted by atomic mass is 35.5. The number of nitrogens with one attached hydrogen (secondary N) is 2. The molecule has 5 nitrogen and oxygen atoms in total. The van der Waals surface area contributed by atoms with E-state index in [9.17, 15) is 5.26 Å². The first kappa shape index (κ1) is 26.3. The van der Waals surface area contributed by atoms with Gasteiger partial charge < -0.3 is 28.8 Å². The van der Waals surface area contributed by atoms with E-state index in [1.165, 1.54) is 38.5 Å². The lowest BCUT2D eigenvalue weighted by Gasteiger charge is -2.17. The van der Waals surface area contributed by atoms with Crippen molar-refractivity contribution in [1.82, 2.24) is 0 Å². The minimum Gasteiger partial charge on any atom is -1.00 e. The van der Waals surface area contributed by atoms with Gasteiger partial charge in [0, 0.05) is 12.6 Å². The number of nitrogens with two attached hydrogens (primary N) is 1. The summed E-state index contributed by atoms with van der Waals surface area (Å²) in [6.07, 6.45) is 11.7. The number of nitrogen functional groups attached to an aromatic ring is 1. The fourth-order valence-electron chi connectivity index (χ4n) is 3.22. The average Bonchev–Trinajstić information content (AvgIpc) is 2.67. The minimum absolute atomic E-state index is 0. The molecule has 0 saturated carbocycles. The standard InChI is InChI=1S/C22H39N5.ClH/c1-4-7-10-12-15-25-20-17-21(24)27(16-13-11-8-5-2)22(19(20)18-23)26-14-9-6-3;/h17H,4-16H2,1-3H3,(H3,24,25,26);1H. The SMILES string of the molecule is CCCCCCNc1cc(N)[n+](CCCCCC)c(NCCCC)c1C#N.[Cl-]. The molecule has 1 aromatic rings. The van der Waals surface area contributed by atoms with Crippen molar-refractivity contribution in [3.8, 4) is 6.07 Å². The Bertz CT molecular complexity index is 583. The van der Waals surface area contributed by atoms with Gasteiger partial charge in [0.15, 0.2) is 0 Å².